The summed E-state index contributed by atoms with van der Waals surface area (Å²) in [4.78, 5) is 25.7. The molecule has 1 N–H and O–H groups in total. The molecule has 0 saturated heterocycles. The third-order valence-corrected chi connectivity index (χ3v) is 4.83. The lowest BCUT2D eigenvalue weighted by Gasteiger charge is -2.08. The van der Waals surface area contributed by atoms with Crippen molar-refractivity contribution in [2.75, 3.05) is 18.2 Å². The van der Waals surface area contributed by atoms with E-state index in [1.54, 1.807) is 54.2 Å². The number of ether oxygens (including phenoxy) is 1. The molecule has 4 nitrogen and oxygen atoms in total. The third-order valence-electron chi connectivity index (χ3n) is 4.09. The molecule has 0 bridgehead atoms. The quantitative estimate of drug-likeness (QED) is 0.314. The first kappa shape index (κ1) is 20.4. The number of amides is 1. The van der Waals surface area contributed by atoms with Gasteiger partial charge in [0.15, 0.2) is 12.4 Å². The van der Waals surface area contributed by atoms with Crippen molar-refractivity contribution in [1.82, 2.24) is 0 Å². The van der Waals surface area contributed by atoms with Crippen molar-refractivity contribution >= 4 is 35.2 Å². The fourth-order valence-corrected chi connectivity index (χ4v) is 3.00. The molecule has 0 fully saturated rings. The van der Waals surface area contributed by atoms with Crippen LogP contribution in [0.3, 0.4) is 0 Å². The molecule has 0 aliphatic carbocycles. The van der Waals surface area contributed by atoms with Crippen molar-refractivity contribution in [2.24, 2.45) is 0 Å². The van der Waals surface area contributed by atoms with Crippen molar-refractivity contribution in [1.29, 1.82) is 0 Å². The smallest absolute Gasteiger partial charge is 0.262 e. The Morgan fingerprint density at radius 3 is 2.45 bits per heavy atom. The Bertz CT molecular complexity index is 998. The second-order valence-corrected chi connectivity index (χ2v) is 7.08. The Labute approximate surface area is 174 Å². The van der Waals surface area contributed by atoms with E-state index in [-0.39, 0.29) is 18.3 Å². The second-order valence-electron chi connectivity index (χ2n) is 6.20. The minimum atomic E-state index is -0.289. The van der Waals surface area contributed by atoms with E-state index in [2.05, 4.69) is 5.32 Å². The maximum Gasteiger partial charge on any atom is 0.262 e. The lowest BCUT2D eigenvalue weighted by atomic mass is 10.1. The Morgan fingerprint density at radius 1 is 0.966 bits per heavy atom. The number of thioether (sulfide) groups is 1. The molecular formula is C24H21NO3S. The predicted molar refractivity (Wildman–Crippen MR) is 119 cm³/mol. The summed E-state index contributed by atoms with van der Waals surface area (Å²) >= 11 is 1.67. The highest BCUT2D eigenvalue weighted by atomic mass is 32.2. The highest BCUT2D eigenvalue weighted by Crippen LogP contribution is 2.17. The maximum atomic E-state index is 12.5. The summed E-state index contributed by atoms with van der Waals surface area (Å²) in [5.41, 5.74) is 2.01. The van der Waals surface area contributed by atoms with E-state index in [0.29, 0.717) is 17.0 Å². The van der Waals surface area contributed by atoms with E-state index in [0.717, 1.165) is 5.56 Å². The highest BCUT2D eigenvalue weighted by Gasteiger charge is 2.07. The van der Waals surface area contributed by atoms with E-state index in [1.807, 2.05) is 48.7 Å². The summed E-state index contributed by atoms with van der Waals surface area (Å²) in [6.07, 6.45) is 5.34. The van der Waals surface area contributed by atoms with Gasteiger partial charge in [0.2, 0.25) is 0 Å². The number of allylic oxidation sites excluding steroid dienone is 1. The molecule has 0 saturated carbocycles. The van der Waals surface area contributed by atoms with E-state index in [9.17, 15) is 9.59 Å². The first-order chi connectivity index (χ1) is 14.1. The van der Waals surface area contributed by atoms with E-state index >= 15 is 0 Å². The zero-order valence-electron chi connectivity index (χ0n) is 16.0. The number of anilines is 1. The van der Waals surface area contributed by atoms with Crippen LogP contribution in [-0.4, -0.2) is 24.6 Å². The highest BCUT2D eigenvalue weighted by molar-refractivity contribution is 7.98. The summed E-state index contributed by atoms with van der Waals surface area (Å²) in [7, 11) is 0. The van der Waals surface area contributed by atoms with Crippen LogP contribution >= 0.6 is 11.8 Å². The number of hydrogen-bond acceptors (Lipinski definition) is 4. The van der Waals surface area contributed by atoms with Crippen molar-refractivity contribution < 1.29 is 14.3 Å². The normalized spacial score (nSPS) is 10.7. The number of rotatable bonds is 8. The largest absolute Gasteiger partial charge is 0.484 e. The van der Waals surface area contributed by atoms with Crippen LogP contribution in [0.15, 0.2) is 89.8 Å². The van der Waals surface area contributed by atoms with E-state index in [4.69, 9.17) is 4.74 Å². The molecule has 0 unspecified atom stereocenters. The van der Waals surface area contributed by atoms with Crippen LogP contribution in [0.1, 0.15) is 15.9 Å². The van der Waals surface area contributed by atoms with Crippen LogP contribution in [0.25, 0.3) is 6.08 Å². The Morgan fingerprint density at radius 2 is 1.72 bits per heavy atom. The lowest BCUT2D eigenvalue weighted by molar-refractivity contribution is -0.118. The van der Waals surface area contributed by atoms with Crippen molar-refractivity contribution in [3.63, 3.8) is 0 Å². The summed E-state index contributed by atoms with van der Waals surface area (Å²) in [5.74, 6) is 0.209. The van der Waals surface area contributed by atoms with Crippen LogP contribution in [-0.2, 0) is 4.79 Å². The van der Waals surface area contributed by atoms with Gasteiger partial charge >= 0.3 is 0 Å². The first-order valence-electron chi connectivity index (χ1n) is 9.08. The summed E-state index contributed by atoms with van der Waals surface area (Å²) < 4.78 is 5.43. The number of benzene rings is 3. The third kappa shape index (κ3) is 6.36. The van der Waals surface area contributed by atoms with Gasteiger partial charge in [0.05, 0.1) is 0 Å². The molecule has 0 radical (unpaired) electrons. The number of para-hydroxylation sites is 1. The number of carbonyl (C=O) groups is 2. The van der Waals surface area contributed by atoms with Gasteiger partial charge in [-0.1, -0.05) is 48.5 Å². The Hall–Kier alpha value is -3.31. The molecule has 5 heteroatoms. The Kier molecular flexibility index (Phi) is 7.25. The number of nitrogens with one attached hydrogen (secondary N) is 1. The van der Waals surface area contributed by atoms with Crippen LogP contribution < -0.4 is 10.1 Å². The molecule has 146 valence electrons. The molecule has 3 aromatic rings. The topological polar surface area (TPSA) is 55.4 Å². The minimum Gasteiger partial charge on any atom is -0.484 e. The van der Waals surface area contributed by atoms with Crippen LogP contribution in [0, 0.1) is 0 Å². The summed E-state index contributed by atoms with van der Waals surface area (Å²) in [5, 5.41) is 2.75. The van der Waals surface area contributed by atoms with Gasteiger partial charge in [0.25, 0.3) is 5.91 Å². The van der Waals surface area contributed by atoms with Crippen LogP contribution in [0.4, 0.5) is 5.69 Å². The molecule has 0 heterocycles. The summed E-state index contributed by atoms with van der Waals surface area (Å²) in [6, 6.07) is 24.0. The van der Waals surface area contributed by atoms with Gasteiger partial charge in [-0.3, -0.25) is 9.59 Å². The van der Waals surface area contributed by atoms with Crippen molar-refractivity contribution in [3.05, 3.63) is 96.1 Å². The number of ketones is 1. The standard InChI is InChI=1S/C24H21NO3S/c1-29-22-13-10-18(11-14-22)12-15-23(26)19-6-5-7-20(16-19)25-24(27)17-28-21-8-3-2-4-9-21/h2-16H,17H2,1H3,(H,25,27)/b15-12+. The molecule has 3 rings (SSSR count). The van der Waals surface area contributed by atoms with Gasteiger partial charge in [0.1, 0.15) is 5.75 Å². The van der Waals surface area contributed by atoms with E-state index in [1.165, 1.54) is 11.0 Å². The van der Waals surface area contributed by atoms with Gasteiger partial charge in [-0.2, -0.15) is 0 Å². The monoisotopic (exact) mass is 403 g/mol. The van der Waals surface area contributed by atoms with Crippen molar-refractivity contribution in [3.8, 4) is 5.75 Å². The fraction of sp³-hybridized carbons (Fsp3) is 0.0833. The second kappa shape index (κ2) is 10.3. The maximum absolute atomic E-state index is 12.5. The summed E-state index contributed by atoms with van der Waals surface area (Å²) in [6.45, 7) is -0.103. The van der Waals surface area contributed by atoms with E-state index < -0.39 is 0 Å². The molecule has 0 spiro atoms. The first-order valence-corrected chi connectivity index (χ1v) is 10.3. The molecular weight excluding hydrogens is 382 g/mol. The molecule has 3 aromatic carbocycles. The fourth-order valence-electron chi connectivity index (χ4n) is 2.60. The average molecular weight is 404 g/mol. The number of carbonyl (C=O) groups excluding carboxylic acids is 2. The zero-order chi connectivity index (χ0) is 20.5. The van der Waals surface area contributed by atoms with Gasteiger partial charge < -0.3 is 10.1 Å². The molecule has 0 aliphatic heterocycles. The van der Waals surface area contributed by atoms with Gasteiger partial charge in [0, 0.05) is 16.1 Å². The SMILES string of the molecule is CSc1ccc(/C=C/C(=O)c2cccc(NC(=O)COc3ccccc3)c2)cc1. The van der Waals surface area contributed by atoms with Crippen LogP contribution in [0.2, 0.25) is 0 Å². The van der Waals surface area contributed by atoms with Crippen molar-refractivity contribution in [2.45, 2.75) is 4.90 Å². The zero-order valence-corrected chi connectivity index (χ0v) is 16.8. The molecule has 0 atom stereocenters. The molecule has 29 heavy (non-hydrogen) atoms. The van der Waals surface area contributed by atoms with Gasteiger partial charge in [-0.15, -0.1) is 11.8 Å². The van der Waals surface area contributed by atoms with Gasteiger partial charge in [-0.25, -0.2) is 0 Å². The van der Waals surface area contributed by atoms with Gasteiger partial charge in [-0.05, 0) is 54.3 Å². The minimum absolute atomic E-state index is 0.103. The number of hydrogen-bond donors (Lipinski definition) is 1. The Balaban J connectivity index is 1.58. The predicted octanol–water partition coefficient (Wildman–Crippen LogP) is 5.32. The molecule has 0 aliphatic rings. The average Bonchev–Trinajstić information content (AvgIpc) is 2.77. The lowest BCUT2D eigenvalue weighted by Crippen LogP contribution is -2.20. The molecule has 0 aromatic heterocycles. The van der Waals surface area contributed by atoms with Crippen LogP contribution in [0.5, 0.6) is 5.75 Å². The molecule has 1 amide bonds.